The number of likely N-dealkylation sites (tertiary alicyclic amines) is 1. The third-order valence-electron chi connectivity index (χ3n) is 5.40. The number of hydrogen-bond donors (Lipinski definition) is 1. The van der Waals surface area contributed by atoms with Gasteiger partial charge in [-0.1, -0.05) is 24.3 Å². The van der Waals surface area contributed by atoms with Crippen molar-refractivity contribution < 1.29 is 14.4 Å². The smallest absolute Gasteiger partial charge is 0.325 e. The first-order valence-electron chi connectivity index (χ1n) is 8.62. The van der Waals surface area contributed by atoms with Gasteiger partial charge in [0.15, 0.2) is 0 Å². The number of carbonyl (C=O) groups is 3. The fourth-order valence-electron chi connectivity index (χ4n) is 4.16. The highest BCUT2D eigenvalue weighted by Gasteiger charge is 2.54. The van der Waals surface area contributed by atoms with Crippen LogP contribution in [0.25, 0.3) is 0 Å². The molecule has 2 fully saturated rings. The van der Waals surface area contributed by atoms with Crippen LogP contribution in [0.15, 0.2) is 24.3 Å². The van der Waals surface area contributed by atoms with Crippen molar-refractivity contribution in [2.24, 2.45) is 0 Å². The molecule has 2 heterocycles. The number of rotatable bonds is 2. The highest BCUT2D eigenvalue weighted by Crippen LogP contribution is 2.39. The first-order chi connectivity index (χ1) is 11.6. The summed E-state index contributed by atoms with van der Waals surface area (Å²) in [7, 11) is 0. The number of benzene rings is 1. The largest absolute Gasteiger partial charge is 0.341 e. The molecule has 126 valence electrons. The van der Waals surface area contributed by atoms with Crippen LogP contribution in [0, 0.1) is 0 Å². The molecule has 4 rings (SSSR count). The maximum atomic E-state index is 13.1. The molecule has 1 spiro atoms. The third kappa shape index (κ3) is 2.20. The molecule has 1 aromatic rings. The van der Waals surface area contributed by atoms with Gasteiger partial charge in [-0.3, -0.25) is 14.5 Å². The molecule has 2 aliphatic heterocycles. The summed E-state index contributed by atoms with van der Waals surface area (Å²) >= 11 is 0. The van der Waals surface area contributed by atoms with Crippen LogP contribution in [0.2, 0.25) is 0 Å². The molecule has 6 heteroatoms. The van der Waals surface area contributed by atoms with Gasteiger partial charge < -0.3 is 10.2 Å². The number of imide groups is 1. The van der Waals surface area contributed by atoms with Gasteiger partial charge in [0, 0.05) is 13.1 Å². The minimum atomic E-state index is -0.989. The van der Waals surface area contributed by atoms with E-state index in [0.717, 1.165) is 54.8 Å². The van der Waals surface area contributed by atoms with Crippen molar-refractivity contribution in [3.05, 3.63) is 35.4 Å². The lowest BCUT2D eigenvalue weighted by Gasteiger charge is -2.33. The van der Waals surface area contributed by atoms with E-state index in [9.17, 15) is 14.4 Å². The van der Waals surface area contributed by atoms with E-state index in [1.807, 2.05) is 24.3 Å². The number of hydrogen-bond acceptors (Lipinski definition) is 3. The number of aryl methyl sites for hydroxylation is 1. The molecule has 2 saturated heterocycles. The van der Waals surface area contributed by atoms with Crippen molar-refractivity contribution >= 4 is 17.8 Å². The van der Waals surface area contributed by atoms with E-state index >= 15 is 0 Å². The number of nitrogens with zero attached hydrogens (tertiary/aromatic N) is 2. The van der Waals surface area contributed by atoms with Crippen LogP contribution < -0.4 is 5.32 Å². The Morgan fingerprint density at radius 3 is 2.67 bits per heavy atom. The standard InChI is InChI=1S/C18H21N3O3/c22-15(20-10-3-4-11-20)12-21-16(23)18(19-17(21)24)9-5-7-13-6-1-2-8-14(13)18/h1-2,6,8H,3-5,7,9-12H2,(H,19,24)/t18-/m0/s1. The van der Waals surface area contributed by atoms with Gasteiger partial charge in [-0.15, -0.1) is 0 Å². The second-order valence-corrected chi connectivity index (χ2v) is 6.83. The van der Waals surface area contributed by atoms with Crippen LogP contribution in [0.4, 0.5) is 4.79 Å². The Balaban J connectivity index is 1.61. The highest BCUT2D eigenvalue weighted by atomic mass is 16.2. The molecule has 0 bridgehead atoms. The molecule has 1 aromatic carbocycles. The summed E-state index contributed by atoms with van der Waals surface area (Å²) < 4.78 is 0. The maximum Gasteiger partial charge on any atom is 0.325 e. The monoisotopic (exact) mass is 327 g/mol. The molecular formula is C18H21N3O3. The lowest BCUT2D eigenvalue weighted by molar-refractivity contribution is -0.139. The van der Waals surface area contributed by atoms with Gasteiger partial charge in [0.1, 0.15) is 12.1 Å². The van der Waals surface area contributed by atoms with E-state index in [0.29, 0.717) is 6.42 Å². The summed E-state index contributed by atoms with van der Waals surface area (Å²) in [4.78, 5) is 40.7. The average Bonchev–Trinajstić information content (AvgIpc) is 3.20. The molecular weight excluding hydrogens is 306 g/mol. The van der Waals surface area contributed by atoms with Crippen LogP contribution in [-0.2, 0) is 21.5 Å². The van der Waals surface area contributed by atoms with E-state index in [2.05, 4.69) is 5.32 Å². The molecule has 0 saturated carbocycles. The molecule has 24 heavy (non-hydrogen) atoms. The maximum absolute atomic E-state index is 13.1. The summed E-state index contributed by atoms with van der Waals surface area (Å²) in [6, 6.07) is 7.31. The number of fused-ring (bicyclic) bond motifs is 2. The summed E-state index contributed by atoms with van der Waals surface area (Å²) in [6.45, 7) is 1.28. The van der Waals surface area contributed by atoms with Gasteiger partial charge in [0.05, 0.1) is 0 Å². The topological polar surface area (TPSA) is 69.7 Å². The molecule has 1 aliphatic carbocycles. The molecule has 3 aliphatic rings. The Labute approximate surface area is 140 Å². The first-order valence-corrected chi connectivity index (χ1v) is 8.62. The zero-order valence-corrected chi connectivity index (χ0v) is 13.6. The molecule has 0 unspecified atom stereocenters. The van der Waals surface area contributed by atoms with Gasteiger partial charge >= 0.3 is 6.03 Å². The molecule has 1 atom stereocenters. The zero-order valence-electron chi connectivity index (χ0n) is 13.6. The Morgan fingerprint density at radius 1 is 1.12 bits per heavy atom. The van der Waals surface area contributed by atoms with Gasteiger partial charge in [-0.05, 0) is 43.2 Å². The molecule has 1 N–H and O–H groups in total. The summed E-state index contributed by atoms with van der Waals surface area (Å²) in [6.07, 6.45) is 4.32. The second-order valence-electron chi connectivity index (χ2n) is 6.83. The van der Waals surface area contributed by atoms with Crippen LogP contribution in [0.3, 0.4) is 0 Å². The highest BCUT2D eigenvalue weighted by molar-refractivity contribution is 6.09. The van der Waals surface area contributed by atoms with Crippen molar-refractivity contribution in [2.45, 2.75) is 37.6 Å². The van der Waals surface area contributed by atoms with Crippen molar-refractivity contribution in [2.75, 3.05) is 19.6 Å². The number of amides is 4. The van der Waals surface area contributed by atoms with Crippen LogP contribution in [0.1, 0.15) is 36.8 Å². The predicted molar refractivity (Wildman–Crippen MR) is 87.1 cm³/mol. The lowest BCUT2D eigenvalue weighted by atomic mass is 9.76. The van der Waals surface area contributed by atoms with Gasteiger partial charge in [-0.25, -0.2) is 4.79 Å². The Hall–Kier alpha value is -2.37. The average molecular weight is 327 g/mol. The fraction of sp³-hybridized carbons (Fsp3) is 0.500. The third-order valence-corrected chi connectivity index (χ3v) is 5.40. The molecule has 0 radical (unpaired) electrons. The summed E-state index contributed by atoms with van der Waals surface area (Å²) in [5.41, 5.74) is 0.993. The number of urea groups is 1. The van der Waals surface area contributed by atoms with Crippen LogP contribution in [0.5, 0.6) is 0 Å². The zero-order chi connectivity index (χ0) is 16.7. The molecule has 0 aromatic heterocycles. The van der Waals surface area contributed by atoms with Crippen molar-refractivity contribution in [3.8, 4) is 0 Å². The quantitative estimate of drug-likeness (QED) is 0.835. The lowest BCUT2D eigenvalue weighted by Crippen LogP contribution is -2.47. The van der Waals surface area contributed by atoms with Crippen molar-refractivity contribution in [1.82, 2.24) is 15.1 Å². The first kappa shape index (κ1) is 15.2. The fourth-order valence-corrected chi connectivity index (χ4v) is 4.16. The Kier molecular flexibility index (Phi) is 3.55. The van der Waals surface area contributed by atoms with E-state index in [-0.39, 0.29) is 18.4 Å². The Bertz CT molecular complexity index is 711. The van der Waals surface area contributed by atoms with Gasteiger partial charge in [0.25, 0.3) is 5.91 Å². The predicted octanol–water partition coefficient (Wildman–Crippen LogP) is 1.39. The van der Waals surface area contributed by atoms with E-state index in [1.165, 1.54) is 0 Å². The minimum Gasteiger partial charge on any atom is -0.341 e. The van der Waals surface area contributed by atoms with Gasteiger partial charge in [0.2, 0.25) is 5.91 Å². The summed E-state index contributed by atoms with van der Waals surface area (Å²) in [5.74, 6) is -0.427. The van der Waals surface area contributed by atoms with E-state index in [1.54, 1.807) is 4.90 Å². The normalized spacial score (nSPS) is 26.0. The van der Waals surface area contributed by atoms with Gasteiger partial charge in [-0.2, -0.15) is 0 Å². The second kappa shape index (κ2) is 5.61. The van der Waals surface area contributed by atoms with Crippen LogP contribution in [-0.4, -0.2) is 47.3 Å². The summed E-state index contributed by atoms with van der Waals surface area (Å²) in [5, 5.41) is 2.89. The number of nitrogens with one attached hydrogen (secondary N) is 1. The Morgan fingerprint density at radius 2 is 1.88 bits per heavy atom. The van der Waals surface area contributed by atoms with Crippen LogP contribution >= 0.6 is 0 Å². The number of carbonyl (C=O) groups excluding carboxylic acids is 3. The SMILES string of the molecule is O=C(CN1C(=O)N[C@]2(CCCc3ccccc32)C1=O)N1CCCC1. The van der Waals surface area contributed by atoms with Crippen molar-refractivity contribution in [3.63, 3.8) is 0 Å². The molecule has 4 amide bonds. The minimum absolute atomic E-state index is 0.142. The van der Waals surface area contributed by atoms with E-state index < -0.39 is 11.6 Å². The van der Waals surface area contributed by atoms with E-state index in [4.69, 9.17) is 0 Å². The molecule has 6 nitrogen and oxygen atoms in total. The van der Waals surface area contributed by atoms with Crippen molar-refractivity contribution in [1.29, 1.82) is 0 Å².